The Balaban J connectivity index is 1.67. The van der Waals surface area contributed by atoms with Crippen LogP contribution in [0.25, 0.3) is 0 Å². The first-order valence-corrected chi connectivity index (χ1v) is 7.01. The monoisotopic (exact) mass is 266 g/mol. The van der Waals surface area contributed by atoms with Crippen LogP contribution in [0.15, 0.2) is 24.3 Å². The Bertz CT molecular complexity index is 451. The second-order valence-corrected chi connectivity index (χ2v) is 5.77. The van der Waals surface area contributed by atoms with Crippen molar-refractivity contribution in [3.05, 3.63) is 39.9 Å². The maximum atomic E-state index is 10.6. The van der Waals surface area contributed by atoms with Crippen molar-refractivity contribution in [1.82, 2.24) is 4.67 Å². The van der Waals surface area contributed by atoms with Crippen LogP contribution in [0.4, 0.5) is 5.69 Å². The lowest BCUT2D eigenvalue weighted by molar-refractivity contribution is -0.384. The molecule has 6 heteroatoms. The number of benzene rings is 1. The highest BCUT2D eigenvalue weighted by Crippen LogP contribution is 2.42. The molecule has 0 bridgehead atoms. The van der Waals surface area contributed by atoms with E-state index < -0.39 is 0 Å². The second kappa shape index (κ2) is 4.92. The molecular formula is C12H15N2O3P. The number of non-ortho nitro benzene ring substituents is 1. The predicted octanol–water partition coefficient (Wildman–Crippen LogP) is 2.51. The van der Waals surface area contributed by atoms with Crippen LogP contribution in [0.1, 0.15) is 18.4 Å². The lowest BCUT2D eigenvalue weighted by atomic mass is 10.0. The Morgan fingerprint density at radius 2 is 2.22 bits per heavy atom. The van der Waals surface area contributed by atoms with E-state index in [4.69, 9.17) is 4.52 Å². The molecule has 0 spiro atoms. The van der Waals surface area contributed by atoms with E-state index in [1.54, 1.807) is 12.1 Å². The van der Waals surface area contributed by atoms with Gasteiger partial charge in [-0.1, -0.05) is 12.1 Å². The number of hydrogen-bond acceptors (Lipinski definition) is 4. The number of nitro benzene ring substituents is 1. The van der Waals surface area contributed by atoms with Crippen molar-refractivity contribution in [3.63, 3.8) is 0 Å². The van der Waals surface area contributed by atoms with E-state index in [1.165, 1.54) is 12.8 Å². The zero-order valence-electron chi connectivity index (χ0n) is 9.91. The number of nitro groups is 1. The lowest BCUT2D eigenvalue weighted by Gasteiger charge is -2.16. The maximum Gasteiger partial charge on any atom is 0.269 e. The van der Waals surface area contributed by atoms with Gasteiger partial charge in [0, 0.05) is 31.1 Å². The van der Waals surface area contributed by atoms with Crippen molar-refractivity contribution in [2.45, 2.75) is 31.4 Å². The summed E-state index contributed by atoms with van der Waals surface area (Å²) in [7, 11) is 0.493. The fraction of sp³-hybridized carbons (Fsp3) is 0.500. The Labute approximate surface area is 107 Å². The van der Waals surface area contributed by atoms with Gasteiger partial charge >= 0.3 is 0 Å². The van der Waals surface area contributed by atoms with Gasteiger partial charge in [0.2, 0.25) is 0 Å². The molecule has 0 amide bonds. The van der Waals surface area contributed by atoms with Crippen LogP contribution < -0.4 is 0 Å². The highest BCUT2D eigenvalue weighted by Gasteiger charge is 2.38. The minimum absolute atomic E-state index is 0.149. The summed E-state index contributed by atoms with van der Waals surface area (Å²) in [5.41, 5.74) is 1.26. The third-order valence-electron chi connectivity index (χ3n) is 3.63. The number of fused-ring (bicyclic) bond motifs is 1. The van der Waals surface area contributed by atoms with E-state index in [0.717, 1.165) is 18.5 Å². The summed E-state index contributed by atoms with van der Waals surface area (Å²) in [6.45, 7) is 1.15. The molecule has 2 heterocycles. The van der Waals surface area contributed by atoms with Gasteiger partial charge in [-0.15, -0.1) is 0 Å². The Hall–Kier alpha value is -1.03. The average Bonchev–Trinajstić information content (AvgIpc) is 2.95. The van der Waals surface area contributed by atoms with Crippen molar-refractivity contribution in [2.75, 3.05) is 6.54 Å². The zero-order chi connectivity index (χ0) is 12.5. The van der Waals surface area contributed by atoms with Crippen molar-refractivity contribution in [1.29, 1.82) is 0 Å². The summed E-state index contributed by atoms with van der Waals surface area (Å²) in [6.07, 6.45) is 3.58. The third-order valence-corrected chi connectivity index (χ3v) is 4.83. The molecule has 0 saturated carbocycles. The third kappa shape index (κ3) is 2.26. The quantitative estimate of drug-likeness (QED) is 0.479. The summed E-state index contributed by atoms with van der Waals surface area (Å²) in [4.78, 5) is 10.2. The van der Waals surface area contributed by atoms with E-state index in [1.807, 2.05) is 12.1 Å². The molecule has 0 N–H and O–H groups in total. The molecule has 18 heavy (non-hydrogen) atoms. The van der Waals surface area contributed by atoms with E-state index in [9.17, 15) is 10.1 Å². The molecule has 1 aromatic carbocycles. The molecule has 2 saturated heterocycles. The van der Waals surface area contributed by atoms with Crippen molar-refractivity contribution in [3.8, 4) is 0 Å². The number of hydrogen-bond donors (Lipinski definition) is 0. The van der Waals surface area contributed by atoms with Crippen LogP contribution in [0, 0.1) is 10.1 Å². The van der Waals surface area contributed by atoms with Crippen LogP contribution in [0.2, 0.25) is 0 Å². The normalized spacial score (nSPS) is 28.7. The average molecular weight is 266 g/mol. The fourth-order valence-electron chi connectivity index (χ4n) is 2.67. The molecule has 5 nitrogen and oxygen atoms in total. The van der Waals surface area contributed by atoms with Gasteiger partial charge in [-0.25, -0.2) is 0 Å². The van der Waals surface area contributed by atoms with Gasteiger partial charge in [0.05, 0.1) is 20.0 Å². The highest BCUT2D eigenvalue weighted by molar-refractivity contribution is 7.29. The first kappa shape index (κ1) is 12.0. The predicted molar refractivity (Wildman–Crippen MR) is 69.7 cm³/mol. The van der Waals surface area contributed by atoms with Gasteiger partial charge in [0.15, 0.2) is 0 Å². The van der Waals surface area contributed by atoms with Gasteiger partial charge in [-0.3, -0.25) is 14.8 Å². The first-order chi connectivity index (χ1) is 8.74. The van der Waals surface area contributed by atoms with Crippen LogP contribution in [-0.4, -0.2) is 28.3 Å². The topological polar surface area (TPSA) is 55.6 Å². The maximum absolute atomic E-state index is 10.6. The highest BCUT2D eigenvalue weighted by atomic mass is 31.1. The molecule has 0 aromatic heterocycles. The van der Waals surface area contributed by atoms with Crippen molar-refractivity contribution in [2.24, 2.45) is 0 Å². The largest absolute Gasteiger partial charge is 0.341 e. The van der Waals surface area contributed by atoms with Crippen molar-refractivity contribution >= 4 is 14.6 Å². The molecule has 0 radical (unpaired) electrons. The smallest absolute Gasteiger partial charge is 0.269 e. The summed E-state index contributed by atoms with van der Waals surface area (Å²) in [6, 6.07) is 7.36. The molecule has 1 unspecified atom stereocenters. The van der Waals surface area contributed by atoms with E-state index >= 15 is 0 Å². The van der Waals surface area contributed by atoms with E-state index in [-0.39, 0.29) is 16.7 Å². The standard InChI is InChI=1S/C12H15N2O3P/c15-14(16)10-5-3-9(4-6-10)8-12-11-2-1-7-13(11)18-17-12/h3-6,11-12,18H,1-2,7-8H2/t11-,12+/m0/s1. The fourth-order valence-corrected chi connectivity index (χ4v) is 3.86. The molecule has 0 aliphatic carbocycles. The first-order valence-electron chi connectivity index (χ1n) is 6.15. The van der Waals surface area contributed by atoms with Gasteiger partial charge in [0.1, 0.15) is 0 Å². The SMILES string of the molecule is O=[N+]([O-])c1ccc(C[C@H]2OPN3CCC[C@@H]23)cc1. The Morgan fingerprint density at radius 1 is 1.44 bits per heavy atom. The summed E-state index contributed by atoms with van der Waals surface area (Å²) < 4.78 is 8.23. The minimum atomic E-state index is -0.365. The molecule has 1 aromatic rings. The van der Waals surface area contributed by atoms with E-state index in [2.05, 4.69) is 4.67 Å². The molecule has 3 atom stereocenters. The molecule has 96 valence electrons. The molecule has 2 aliphatic heterocycles. The molecular weight excluding hydrogens is 251 g/mol. The van der Waals surface area contributed by atoms with Gasteiger partial charge < -0.3 is 4.52 Å². The van der Waals surface area contributed by atoms with Gasteiger partial charge in [-0.05, 0) is 18.4 Å². The Kier molecular flexibility index (Phi) is 3.29. The summed E-state index contributed by atoms with van der Waals surface area (Å²) >= 11 is 0. The lowest BCUT2D eigenvalue weighted by Crippen LogP contribution is -2.29. The van der Waals surface area contributed by atoms with Crippen LogP contribution >= 0.6 is 8.96 Å². The van der Waals surface area contributed by atoms with Crippen molar-refractivity contribution < 1.29 is 9.45 Å². The minimum Gasteiger partial charge on any atom is -0.341 e. The molecule has 2 fully saturated rings. The van der Waals surface area contributed by atoms with Gasteiger partial charge in [0.25, 0.3) is 5.69 Å². The van der Waals surface area contributed by atoms with Crippen LogP contribution in [-0.2, 0) is 10.9 Å². The molecule has 3 rings (SSSR count). The summed E-state index contributed by atoms with van der Waals surface area (Å²) in [5.74, 6) is 0. The van der Waals surface area contributed by atoms with E-state index in [0.29, 0.717) is 15.0 Å². The van der Waals surface area contributed by atoms with Gasteiger partial charge in [-0.2, -0.15) is 0 Å². The number of nitrogens with zero attached hydrogens (tertiary/aromatic N) is 2. The van der Waals surface area contributed by atoms with Crippen LogP contribution in [0.5, 0.6) is 0 Å². The zero-order valence-corrected chi connectivity index (χ0v) is 10.9. The molecule has 2 aliphatic rings. The summed E-state index contributed by atoms with van der Waals surface area (Å²) in [5, 5.41) is 10.6. The Morgan fingerprint density at radius 3 is 2.94 bits per heavy atom. The van der Waals surface area contributed by atoms with Crippen LogP contribution in [0.3, 0.4) is 0 Å². The number of rotatable bonds is 3. The second-order valence-electron chi connectivity index (χ2n) is 4.78.